The fourth-order valence-electron chi connectivity index (χ4n) is 4.14. The van der Waals surface area contributed by atoms with Gasteiger partial charge < -0.3 is 15.4 Å². The zero-order valence-electron chi connectivity index (χ0n) is 18.8. The molecule has 0 radical (unpaired) electrons. The van der Waals surface area contributed by atoms with Gasteiger partial charge >= 0.3 is 0 Å². The van der Waals surface area contributed by atoms with Gasteiger partial charge in [0.15, 0.2) is 0 Å². The van der Waals surface area contributed by atoms with E-state index in [4.69, 9.17) is 27.3 Å². The highest BCUT2D eigenvalue weighted by Crippen LogP contribution is 2.32. The van der Waals surface area contributed by atoms with Crippen molar-refractivity contribution in [3.63, 3.8) is 0 Å². The van der Waals surface area contributed by atoms with E-state index in [0.29, 0.717) is 41.6 Å². The minimum Gasteiger partial charge on any atom is -0.383 e. The summed E-state index contributed by atoms with van der Waals surface area (Å²) in [6.07, 6.45) is 3.27. The van der Waals surface area contributed by atoms with Crippen molar-refractivity contribution < 1.29 is 9.53 Å². The molecule has 1 aliphatic heterocycles. The lowest BCUT2D eigenvalue weighted by atomic mass is 10.0. The van der Waals surface area contributed by atoms with Crippen LogP contribution < -0.4 is 5.73 Å². The van der Waals surface area contributed by atoms with Crippen LogP contribution in [0.25, 0.3) is 10.9 Å². The predicted molar refractivity (Wildman–Crippen MR) is 129 cm³/mol. The Morgan fingerprint density at radius 1 is 1.20 bits per heavy atom. The lowest BCUT2D eigenvalue weighted by Gasteiger charge is -2.28. The van der Waals surface area contributed by atoms with Crippen LogP contribution in [0.2, 0.25) is 5.15 Å². The van der Waals surface area contributed by atoms with E-state index in [0.717, 1.165) is 16.5 Å². The molecule has 0 fully saturated rings. The number of benzene rings is 1. The highest BCUT2D eigenvalue weighted by Gasteiger charge is 2.27. The zero-order valence-corrected chi connectivity index (χ0v) is 19.5. The summed E-state index contributed by atoms with van der Waals surface area (Å²) in [5.74, 6) is 0.702. The molecule has 5 rings (SSSR count). The van der Waals surface area contributed by atoms with Gasteiger partial charge in [-0.3, -0.25) is 4.79 Å². The van der Waals surface area contributed by atoms with E-state index < -0.39 is 6.04 Å². The molecule has 174 valence electrons. The number of halogens is 1. The number of carbonyl (C=O) groups is 1. The molecule has 35 heavy (non-hydrogen) atoms. The first-order chi connectivity index (χ1) is 17.0. The smallest absolute Gasteiger partial charge is 0.254 e. The van der Waals surface area contributed by atoms with Crippen LogP contribution in [0.15, 0.2) is 48.8 Å². The molecule has 2 N–H and O–H groups in total. The van der Waals surface area contributed by atoms with Gasteiger partial charge in [0.2, 0.25) is 0 Å². The molecule has 0 saturated heterocycles. The van der Waals surface area contributed by atoms with E-state index in [1.165, 1.54) is 0 Å². The molecule has 0 saturated carbocycles. The van der Waals surface area contributed by atoms with Crippen LogP contribution in [-0.4, -0.2) is 30.7 Å². The number of nitrogens with two attached hydrogens (primary N) is 1. The SMILES string of the molecule is C[C@H](c1ncccn1)N(Cc1ccc(C#N)c(Cl)n1)C(=O)c1ccc2nc(N)c3c(c2c1)COC3. The van der Waals surface area contributed by atoms with Crippen molar-refractivity contribution in [2.75, 3.05) is 5.73 Å². The topological polar surface area (TPSA) is 131 Å². The first kappa shape index (κ1) is 22.7. The molecule has 0 aliphatic carbocycles. The molecular weight excluding hydrogens is 466 g/mol. The molecule has 9 nitrogen and oxygen atoms in total. The maximum atomic E-state index is 13.9. The van der Waals surface area contributed by atoms with Crippen LogP contribution in [0.3, 0.4) is 0 Å². The highest BCUT2D eigenvalue weighted by atomic mass is 35.5. The third kappa shape index (κ3) is 4.25. The van der Waals surface area contributed by atoms with Crippen LogP contribution in [0.4, 0.5) is 5.82 Å². The normalized spacial score (nSPS) is 13.3. The quantitative estimate of drug-likeness (QED) is 0.420. The maximum absolute atomic E-state index is 13.9. The number of rotatable bonds is 5. The number of aromatic nitrogens is 4. The number of carbonyl (C=O) groups excluding carboxylic acids is 1. The van der Waals surface area contributed by atoms with Gasteiger partial charge in [-0.25, -0.2) is 19.9 Å². The Kier molecular flexibility index (Phi) is 5.99. The van der Waals surface area contributed by atoms with Gasteiger partial charge in [0.25, 0.3) is 5.91 Å². The van der Waals surface area contributed by atoms with Crippen molar-refractivity contribution in [1.82, 2.24) is 24.8 Å². The van der Waals surface area contributed by atoms with Gasteiger partial charge in [-0.2, -0.15) is 5.26 Å². The third-order valence-corrected chi connectivity index (χ3v) is 6.31. The molecule has 1 atom stereocenters. The van der Waals surface area contributed by atoms with Gasteiger partial charge in [-0.1, -0.05) is 11.6 Å². The molecule has 4 aromatic rings. The van der Waals surface area contributed by atoms with Crippen molar-refractivity contribution in [3.8, 4) is 6.07 Å². The van der Waals surface area contributed by atoms with E-state index in [2.05, 4.69) is 19.9 Å². The first-order valence-corrected chi connectivity index (χ1v) is 11.3. The summed E-state index contributed by atoms with van der Waals surface area (Å²) in [5.41, 5.74) is 9.89. The average molecular weight is 486 g/mol. The Balaban J connectivity index is 1.56. The van der Waals surface area contributed by atoms with Crippen LogP contribution in [0, 0.1) is 11.3 Å². The number of ether oxygens (including phenoxy) is 1. The molecule has 0 spiro atoms. The van der Waals surface area contributed by atoms with Crippen molar-refractivity contribution in [2.45, 2.75) is 32.7 Å². The number of nitriles is 1. The second-order valence-corrected chi connectivity index (χ2v) is 8.51. The van der Waals surface area contributed by atoms with Crippen molar-refractivity contribution in [2.24, 2.45) is 0 Å². The minimum absolute atomic E-state index is 0.0888. The Morgan fingerprint density at radius 2 is 1.97 bits per heavy atom. The fraction of sp³-hybridized carbons (Fsp3) is 0.200. The molecular formula is C25H20ClN7O2. The maximum Gasteiger partial charge on any atom is 0.254 e. The third-order valence-electron chi connectivity index (χ3n) is 6.02. The van der Waals surface area contributed by atoms with E-state index in [-0.39, 0.29) is 23.2 Å². The largest absolute Gasteiger partial charge is 0.383 e. The second-order valence-electron chi connectivity index (χ2n) is 8.15. The van der Waals surface area contributed by atoms with Crippen LogP contribution >= 0.6 is 11.6 Å². The van der Waals surface area contributed by atoms with Crippen molar-refractivity contribution >= 4 is 34.2 Å². The molecule has 10 heteroatoms. The lowest BCUT2D eigenvalue weighted by molar-refractivity contribution is 0.0663. The Bertz CT molecular complexity index is 1490. The van der Waals surface area contributed by atoms with Crippen LogP contribution in [-0.2, 0) is 24.5 Å². The van der Waals surface area contributed by atoms with E-state index >= 15 is 0 Å². The highest BCUT2D eigenvalue weighted by molar-refractivity contribution is 6.30. The summed E-state index contributed by atoms with van der Waals surface area (Å²) in [5, 5.41) is 10.1. The first-order valence-electron chi connectivity index (χ1n) is 10.9. The summed E-state index contributed by atoms with van der Waals surface area (Å²) in [6, 6.07) is 11.9. The average Bonchev–Trinajstić information content (AvgIpc) is 3.38. The Hall–Kier alpha value is -4.13. The monoisotopic (exact) mass is 485 g/mol. The summed E-state index contributed by atoms with van der Waals surface area (Å²) in [6.45, 7) is 2.82. The van der Waals surface area contributed by atoms with Crippen molar-refractivity contribution in [1.29, 1.82) is 5.26 Å². The molecule has 3 aromatic heterocycles. The summed E-state index contributed by atoms with van der Waals surface area (Å²) in [4.78, 5) is 32.9. The van der Waals surface area contributed by atoms with E-state index in [1.807, 2.05) is 19.1 Å². The molecule has 4 heterocycles. The minimum atomic E-state index is -0.464. The lowest BCUT2D eigenvalue weighted by Crippen LogP contribution is -2.34. The molecule has 1 aliphatic rings. The van der Waals surface area contributed by atoms with E-state index in [9.17, 15) is 4.79 Å². The molecule has 1 amide bonds. The summed E-state index contributed by atoms with van der Waals surface area (Å²) >= 11 is 6.15. The fourth-order valence-corrected chi connectivity index (χ4v) is 4.35. The standard InChI is InChI=1S/C25H20ClN7O2/c1-14(24-29-7-2-8-30-24)33(11-17-5-3-16(10-27)22(26)31-17)25(34)15-4-6-21-18(9-15)19-12-35-13-20(19)23(28)32-21/h2-9,14H,11-13H2,1H3,(H2,28,32)/t14-/m1/s1. The Labute approximate surface area is 206 Å². The number of pyridine rings is 2. The number of amides is 1. The van der Waals surface area contributed by atoms with Crippen LogP contribution in [0.5, 0.6) is 0 Å². The molecule has 1 aromatic carbocycles. The van der Waals surface area contributed by atoms with Gasteiger partial charge in [0, 0.05) is 28.9 Å². The number of hydrogen-bond donors (Lipinski definition) is 1. The summed E-state index contributed by atoms with van der Waals surface area (Å²) in [7, 11) is 0. The number of fused-ring (bicyclic) bond motifs is 3. The second kappa shape index (κ2) is 9.25. The number of nitrogen functional groups attached to an aromatic ring is 1. The number of anilines is 1. The van der Waals surface area contributed by atoms with Gasteiger partial charge in [0.05, 0.1) is 42.6 Å². The molecule has 0 bridgehead atoms. The Morgan fingerprint density at radius 3 is 2.71 bits per heavy atom. The predicted octanol–water partition coefficient (Wildman–Crippen LogP) is 3.96. The number of hydrogen-bond acceptors (Lipinski definition) is 8. The summed E-state index contributed by atoms with van der Waals surface area (Å²) < 4.78 is 5.58. The van der Waals surface area contributed by atoms with Gasteiger partial charge in [-0.15, -0.1) is 0 Å². The number of nitrogens with zero attached hydrogens (tertiary/aromatic N) is 6. The van der Waals surface area contributed by atoms with Gasteiger partial charge in [0.1, 0.15) is 22.9 Å². The van der Waals surface area contributed by atoms with Crippen molar-refractivity contribution in [3.05, 3.63) is 87.7 Å². The molecule has 0 unspecified atom stereocenters. The van der Waals surface area contributed by atoms with Crippen LogP contribution in [0.1, 0.15) is 51.5 Å². The van der Waals surface area contributed by atoms with Gasteiger partial charge in [-0.05, 0) is 48.9 Å². The van der Waals surface area contributed by atoms with E-state index in [1.54, 1.807) is 47.6 Å². The zero-order chi connectivity index (χ0) is 24.5.